The van der Waals surface area contributed by atoms with Gasteiger partial charge in [-0.05, 0) is 25.5 Å². The molecule has 5 heteroatoms. The molecule has 5 nitrogen and oxygen atoms in total. The lowest BCUT2D eigenvalue weighted by molar-refractivity contribution is -0.384. The summed E-state index contributed by atoms with van der Waals surface area (Å²) in [5.74, 6) is -0.105. The zero-order valence-corrected chi connectivity index (χ0v) is 12.4. The van der Waals surface area contributed by atoms with Gasteiger partial charge in [-0.2, -0.15) is 0 Å². The van der Waals surface area contributed by atoms with Crippen LogP contribution in [0.2, 0.25) is 0 Å². The summed E-state index contributed by atoms with van der Waals surface area (Å²) in [4.78, 5) is 22.2. The lowest BCUT2D eigenvalue weighted by Gasteiger charge is -2.04. The first kappa shape index (κ1) is 15.4. The van der Waals surface area contributed by atoms with Crippen molar-refractivity contribution in [2.75, 3.05) is 5.32 Å². The van der Waals surface area contributed by atoms with Crippen LogP contribution in [0.25, 0.3) is 0 Å². The van der Waals surface area contributed by atoms with Crippen molar-refractivity contribution in [1.29, 1.82) is 0 Å². The van der Waals surface area contributed by atoms with Gasteiger partial charge in [0, 0.05) is 35.7 Å². The number of nitrogens with one attached hydrogen (secondary N) is 1. The summed E-state index contributed by atoms with van der Waals surface area (Å²) in [5, 5.41) is 13.6. The van der Waals surface area contributed by atoms with Crippen molar-refractivity contribution in [3.05, 3.63) is 81.5 Å². The molecule has 2 rings (SSSR count). The third kappa shape index (κ3) is 3.79. The third-order valence-corrected chi connectivity index (χ3v) is 3.23. The Kier molecular flexibility index (Phi) is 4.68. The minimum atomic E-state index is -0.437. The molecule has 2 aromatic rings. The summed E-state index contributed by atoms with van der Waals surface area (Å²) < 4.78 is 0. The highest BCUT2D eigenvalue weighted by molar-refractivity contribution is 6.04. The van der Waals surface area contributed by atoms with Crippen LogP contribution in [-0.4, -0.2) is 10.7 Å². The Hall–Kier alpha value is -2.95. The van der Waals surface area contributed by atoms with Gasteiger partial charge in [0.2, 0.25) is 0 Å². The van der Waals surface area contributed by atoms with Crippen molar-refractivity contribution in [3.8, 4) is 0 Å². The number of allylic oxidation sites excluding steroid dienone is 1. The zero-order chi connectivity index (χ0) is 16.1. The van der Waals surface area contributed by atoms with E-state index in [4.69, 9.17) is 0 Å². The monoisotopic (exact) mass is 296 g/mol. The molecule has 0 aliphatic rings. The average Bonchev–Trinajstić information content (AvgIpc) is 2.49. The van der Waals surface area contributed by atoms with Crippen LogP contribution in [0.15, 0.2) is 54.7 Å². The van der Waals surface area contributed by atoms with Crippen LogP contribution < -0.4 is 5.32 Å². The number of benzene rings is 2. The lowest BCUT2D eigenvalue weighted by atomic mass is 10.1. The highest BCUT2D eigenvalue weighted by atomic mass is 16.6. The molecule has 0 aliphatic carbocycles. The second-order valence-electron chi connectivity index (χ2n) is 4.96. The van der Waals surface area contributed by atoms with Crippen LogP contribution in [0, 0.1) is 24.0 Å². The number of ketones is 1. The number of hydrogen-bond donors (Lipinski definition) is 1. The molecule has 112 valence electrons. The second kappa shape index (κ2) is 6.67. The molecule has 0 spiro atoms. The number of non-ortho nitro benzene ring substituents is 1. The Morgan fingerprint density at radius 3 is 2.41 bits per heavy atom. The van der Waals surface area contributed by atoms with Gasteiger partial charge in [0.05, 0.1) is 4.92 Å². The number of carbonyl (C=O) groups is 1. The molecule has 0 radical (unpaired) electrons. The van der Waals surface area contributed by atoms with E-state index in [-0.39, 0.29) is 11.5 Å². The van der Waals surface area contributed by atoms with Crippen LogP contribution in [-0.2, 0) is 0 Å². The van der Waals surface area contributed by atoms with Crippen molar-refractivity contribution < 1.29 is 9.72 Å². The van der Waals surface area contributed by atoms with E-state index in [0.29, 0.717) is 5.56 Å². The second-order valence-corrected chi connectivity index (χ2v) is 4.96. The minimum Gasteiger partial charge on any atom is -0.361 e. The number of aryl methyl sites for hydroxylation is 2. The van der Waals surface area contributed by atoms with E-state index >= 15 is 0 Å². The molecule has 1 N–H and O–H groups in total. The number of anilines is 1. The van der Waals surface area contributed by atoms with Gasteiger partial charge < -0.3 is 5.32 Å². The summed E-state index contributed by atoms with van der Waals surface area (Å²) in [7, 11) is 0. The standard InChI is InChI=1S/C17H16N2O3/c1-12-3-5-14(6-4-12)17(20)9-10-18-16-8-7-15(19(21)22)11-13(16)2/h3-11,18H,1-2H3/b10-9-. The summed E-state index contributed by atoms with van der Waals surface area (Å²) in [6.07, 6.45) is 2.97. The topological polar surface area (TPSA) is 72.2 Å². The Bertz CT molecular complexity index is 734. The molecule has 0 amide bonds. The van der Waals surface area contributed by atoms with E-state index in [9.17, 15) is 14.9 Å². The maximum absolute atomic E-state index is 12.0. The Balaban J connectivity index is 2.04. The highest BCUT2D eigenvalue weighted by Crippen LogP contribution is 2.21. The predicted octanol–water partition coefficient (Wildman–Crippen LogP) is 4.02. The molecule has 0 unspecified atom stereocenters. The van der Waals surface area contributed by atoms with Crippen LogP contribution in [0.1, 0.15) is 21.5 Å². The van der Waals surface area contributed by atoms with Crippen LogP contribution in [0.3, 0.4) is 0 Å². The Labute approximate surface area is 128 Å². The van der Waals surface area contributed by atoms with Gasteiger partial charge in [0.25, 0.3) is 5.69 Å². The van der Waals surface area contributed by atoms with Crippen LogP contribution in [0.4, 0.5) is 11.4 Å². The Morgan fingerprint density at radius 1 is 1.14 bits per heavy atom. The molecular weight excluding hydrogens is 280 g/mol. The molecule has 0 atom stereocenters. The van der Waals surface area contributed by atoms with Crippen molar-refractivity contribution in [1.82, 2.24) is 0 Å². The molecule has 0 aromatic heterocycles. The van der Waals surface area contributed by atoms with Gasteiger partial charge >= 0.3 is 0 Å². The highest BCUT2D eigenvalue weighted by Gasteiger charge is 2.07. The molecule has 22 heavy (non-hydrogen) atoms. The summed E-state index contributed by atoms with van der Waals surface area (Å²) in [6.45, 7) is 3.73. The SMILES string of the molecule is Cc1ccc(C(=O)/C=C\Nc2ccc([N+](=O)[O-])cc2C)cc1. The number of nitro groups is 1. The normalized spacial score (nSPS) is 10.6. The zero-order valence-electron chi connectivity index (χ0n) is 12.4. The van der Waals surface area contributed by atoms with Crippen LogP contribution in [0.5, 0.6) is 0 Å². The van der Waals surface area contributed by atoms with E-state index in [1.165, 1.54) is 24.4 Å². The lowest BCUT2D eigenvalue weighted by Crippen LogP contribution is -1.97. The van der Waals surface area contributed by atoms with Crippen LogP contribution >= 0.6 is 0 Å². The molecular formula is C17H16N2O3. The van der Waals surface area contributed by atoms with Crippen molar-refractivity contribution >= 4 is 17.2 Å². The molecule has 0 fully saturated rings. The fourth-order valence-corrected chi connectivity index (χ4v) is 1.94. The third-order valence-electron chi connectivity index (χ3n) is 3.23. The summed E-state index contributed by atoms with van der Waals surface area (Å²) >= 11 is 0. The largest absolute Gasteiger partial charge is 0.361 e. The first-order valence-corrected chi connectivity index (χ1v) is 6.76. The minimum absolute atomic E-state index is 0.0442. The maximum atomic E-state index is 12.0. The fourth-order valence-electron chi connectivity index (χ4n) is 1.94. The quantitative estimate of drug-likeness (QED) is 0.391. The predicted molar refractivity (Wildman–Crippen MR) is 86.1 cm³/mol. The number of nitrogens with zero attached hydrogens (tertiary/aromatic N) is 1. The van der Waals surface area contributed by atoms with E-state index in [1.54, 1.807) is 25.1 Å². The van der Waals surface area contributed by atoms with Gasteiger partial charge in [-0.25, -0.2) is 0 Å². The molecule has 0 saturated carbocycles. The number of carbonyl (C=O) groups excluding carboxylic acids is 1. The van der Waals surface area contributed by atoms with Crippen molar-refractivity contribution in [2.24, 2.45) is 0 Å². The van der Waals surface area contributed by atoms with E-state index in [0.717, 1.165) is 16.8 Å². The first-order chi connectivity index (χ1) is 10.5. The van der Waals surface area contributed by atoms with Gasteiger partial charge in [-0.15, -0.1) is 0 Å². The molecule has 0 aliphatic heterocycles. The van der Waals surface area contributed by atoms with Crippen molar-refractivity contribution in [2.45, 2.75) is 13.8 Å². The summed E-state index contributed by atoms with van der Waals surface area (Å²) in [5.41, 5.74) is 3.21. The van der Waals surface area contributed by atoms with Crippen molar-refractivity contribution in [3.63, 3.8) is 0 Å². The molecule has 0 saturated heterocycles. The average molecular weight is 296 g/mol. The number of nitro benzene ring substituents is 1. The van der Waals surface area contributed by atoms with E-state index < -0.39 is 4.92 Å². The summed E-state index contributed by atoms with van der Waals surface area (Å²) in [6, 6.07) is 11.8. The van der Waals surface area contributed by atoms with Gasteiger partial charge in [-0.1, -0.05) is 29.8 Å². The van der Waals surface area contributed by atoms with E-state index in [1.807, 2.05) is 19.1 Å². The van der Waals surface area contributed by atoms with Gasteiger partial charge in [-0.3, -0.25) is 14.9 Å². The smallest absolute Gasteiger partial charge is 0.269 e. The van der Waals surface area contributed by atoms with Gasteiger partial charge in [0.15, 0.2) is 5.78 Å². The van der Waals surface area contributed by atoms with E-state index in [2.05, 4.69) is 5.32 Å². The van der Waals surface area contributed by atoms with Gasteiger partial charge in [0.1, 0.15) is 0 Å². The number of hydrogen-bond acceptors (Lipinski definition) is 4. The maximum Gasteiger partial charge on any atom is 0.269 e. The first-order valence-electron chi connectivity index (χ1n) is 6.76. The molecule has 0 heterocycles. The fraction of sp³-hybridized carbons (Fsp3) is 0.118. The number of rotatable bonds is 5. The Morgan fingerprint density at radius 2 is 1.82 bits per heavy atom. The molecule has 0 bridgehead atoms. The molecule has 2 aromatic carbocycles.